The van der Waals surface area contributed by atoms with Crippen molar-refractivity contribution in [1.82, 2.24) is 0 Å². The van der Waals surface area contributed by atoms with E-state index in [0.717, 1.165) is 4.47 Å². The van der Waals surface area contributed by atoms with Gasteiger partial charge in [-0.2, -0.15) is 0 Å². The van der Waals surface area contributed by atoms with E-state index >= 15 is 0 Å². The summed E-state index contributed by atoms with van der Waals surface area (Å²) in [6.45, 7) is 0.0504. The van der Waals surface area contributed by atoms with Crippen LogP contribution in [0, 0.1) is 5.82 Å². The van der Waals surface area contributed by atoms with Gasteiger partial charge < -0.3 is 15.7 Å². The number of oxime groups is 1. The van der Waals surface area contributed by atoms with E-state index in [-0.39, 0.29) is 18.0 Å². The van der Waals surface area contributed by atoms with Crippen molar-refractivity contribution >= 4 is 21.8 Å². The van der Waals surface area contributed by atoms with Crippen LogP contribution in [-0.2, 0) is 6.61 Å². The van der Waals surface area contributed by atoms with Crippen molar-refractivity contribution in [3.63, 3.8) is 0 Å². The second-order valence-electron chi connectivity index (χ2n) is 4.01. The maximum Gasteiger partial charge on any atom is 0.173 e. The van der Waals surface area contributed by atoms with Gasteiger partial charge in [-0.05, 0) is 24.3 Å². The first-order chi connectivity index (χ1) is 9.61. The average Bonchev–Trinajstić information content (AvgIpc) is 2.45. The average molecular weight is 339 g/mol. The summed E-state index contributed by atoms with van der Waals surface area (Å²) < 4.78 is 20.5. The number of rotatable bonds is 4. The third-order valence-corrected chi connectivity index (χ3v) is 3.15. The van der Waals surface area contributed by atoms with Crippen LogP contribution in [0.1, 0.15) is 11.1 Å². The van der Waals surface area contributed by atoms with E-state index in [1.54, 1.807) is 24.3 Å². The lowest BCUT2D eigenvalue weighted by atomic mass is 10.1. The minimum atomic E-state index is -0.558. The first-order valence-electron chi connectivity index (χ1n) is 5.75. The van der Waals surface area contributed by atoms with E-state index in [9.17, 15) is 4.39 Å². The molecule has 0 bridgehead atoms. The van der Waals surface area contributed by atoms with Crippen LogP contribution in [0.3, 0.4) is 0 Å². The normalized spacial score (nSPS) is 11.4. The molecule has 6 heteroatoms. The molecule has 104 valence electrons. The van der Waals surface area contributed by atoms with Crippen LogP contribution in [0.4, 0.5) is 4.39 Å². The van der Waals surface area contributed by atoms with E-state index in [4.69, 9.17) is 15.7 Å². The van der Waals surface area contributed by atoms with Crippen LogP contribution in [0.25, 0.3) is 0 Å². The Hall–Kier alpha value is -2.08. The molecule has 0 aliphatic heterocycles. The Morgan fingerprint density at radius 3 is 2.75 bits per heavy atom. The largest absolute Gasteiger partial charge is 0.489 e. The topological polar surface area (TPSA) is 67.8 Å². The van der Waals surface area contributed by atoms with E-state index < -0.39 is 5.82 Å². The van der Waals surface area contributed by atoms with Gasteiger partial charge in [0.15, 0.2) is 5.84 Å². The SMILES string of the molecule is N/C(=N/O)c1cccc(COc2cccc(Br)c2)c1F. The van der Waals surface area contributed by atoms with Gasteiger partial charge in [-0.25, -0.2) is 4.39 Å². The zero-order valence-corrected chi connectivity index (χ0v) is 12.0. The molecule has 0 unspecified atom stereocenters. The molecular formula is C14H12BrFN2O2. The molecule has 0 aliphatic rings. The summed E-state index contributed by atoms with van der Waals surface area (Å²) in [5, 5.41) is 11.4. The predicted molar refractivity (Wildman–Crippen MR) is 77.4 cm³/mol. The van der Waals surface area contributed by atoms with E-state index in [1.165, 1.54) is 6.07 Å². The Morgan fingerprint density at radius 1 is 1.30 bits per heavy atom. The molecule has 0 heterocycles. The van der Waals surface area contributed by atoms with Gasteiger partial charge in [0.05, 0.1) is 5.56 Å². The fraction of sp³-hybridized carbons (Fsp3) is 0.0714. The van der Waals surface area contributed by atoms with E-state index in [0.29, 0.717) is 11.3 Å². The van der Waals surface area contributed by atoms with Gasteiger partial charge in [0.25, 0.3) is 0 Å². The van der Waals surface area contributed by atoms with Gasteiger partial charge in [0, 0.05) is 10.0 Å². The highest BCUT2D eigenvalue weighted by atomic mass is 79.9. The summed E-state index contributed by atoms with van der Waals surface area (Å²) >= 11 is 3.33. The molecule has 20 heavy (non-hydrogen) atoms. The molecule has 0 aromatic heterocycles. The highest BCUT2D eigenvalue weighted by Gasteiger charge is 2.11. The van der Waals surface area contributed by atoms with E-state index in [2.05, 4.69) is 21.1 Å². The van der Waals surface area contributed by atoms with Crippen LogP contribution >= 0.6 is 15.9 Å². The van der Waals surface area contributed by atoms with Crippen LogP contribution < -0.4 is 10.5 Å². The molecule has 0 saturated heterocycles. The molecule has 4 nitrogen and oxygen atoms in total. The van der Waals surface area contributed by atoms with Crippen molar-refractivity contribution in [2.45, 2.75) is 6.61 Å². The Kier molecular flexibility index (Phi) is 4.57. The van der Waals surface area contributed by atoms with Crippen LogP contribution in [0.2, 0.25) is 0 Å². The summed E-state index contributed by atoms with van der Waals surface area (Å²) in [4.78, 5) is 0. The maximum absolute atomic E-state index is 14.1. The molecule has 2 rings (SSSR count). The lowest BCUT2D eigenvalue weighted by Crippen LogP contribution is -2.16. The zero-order valence-electron chi connectivity index (χ0n) is 10.4. The first kappa shape index (κ1) is 14.3. The third kappa shape index (κ3) is 3.27. The Morgan fingerprint density at radius 2 is 2.05 bits per heavy atom. The van der Waals surface area contributed by atoms with Crippen molar-refractivity contribution in [2.75, 3.05) is 0 Å². The summed E-state index contributed by atoms with van der Waals surface area (Å²) in [6, 6.07) is 11.9. The zero-order chi connectivity index (χ0) is 14.5. The molecule has 0 aliphatic carbocycles. The number of hydrogen-bond acceptors (Lipinski definition) is 3. The molecular weight excluding hydrogens is 327 g/mol. The molecule has 0 fully saturated rings. The second-order valence-corrected chi connectivity index (χ2v) is 4.93. The third-order valence-electron chi connectivity index (χ3n) is 2.65. The lowest BCUT2D eigenvalue weighted by Gasteiger charge is -2.09. The number of amidine groups is 1. The van der Waals surface area contributed by atoms with Gasteiger partial charge in [-0.15, -0.1) is 0 Å². The van der Waals surface area contributed by atoms with Crippen molar-refractivity contribution in [3.05, 3.63) is 63.9 Å². The number of halogens is 2. The highest BCUT2D eigenvalue weighted by Crippen LogP contribution is 2.20. The Labute approximate surface area is 123 Å². The minimum absolute atomic E-state index is 0.0443. The van der Waals surface area contributed by atoms with Crippen molar-refractivity contribution in [3.8, 4) is 5.75 Å². The monoisotopic (exact) mass is 338 g/mol. The summed E-state index contributed by atoms with van der Waals surface area (Å²) in [6.07, 6.45) is 0. The van der Waals surface area contributed by atoms with Gasteiger partial charge in [0.2, 0.25) is 0 Å². The number of ether oxygens (including phenoxy) is 1. The number of nitrogens with two attached hydrogens (primary N) is 1. The van der Waals surface area contributed by atoms with Crippen molar-refractivity contribution in [2.24, 2.45) is 10.9 Å². The number of nitrogens with zero attached hydrogens (tertiary/aromatic N) is 1. The molecule has 0 amide bonds. The fourth-order valence-electron chi connectivity index (χ4n) is 1.66. The van der Waals surface area contributed by atoms with Crippen molar-refractivity contribution in [1.29, 1.82) is 0 Å². The second kappa shape index (κ2) is 6.38. The summed E-state index contributed by atoms with van der Waals surface area (Å²) in [7, 11) is 0. The molecule has 2 aromatic carbocycles. The molecule has 0 radical (unpaired) electrons. The summed E-state index contributed by atoms with van der Waals surface area (Å²) in [5.74, 6) is -0.211. The Bertz CT molecular complexity index is 647. The standard InChI is InChI=1S/C14H12BrFN2O2/c15-10-4-2-5-11(7-10)20-8-9-3-1-6-12(13(9)16)14(17)18-19/h1-7,19H,8H2,(H2,17,18). The molecule has 0 atom stereocenters. The smallest absolute Gasteiger partial charge is 0.173 e. The lowest BCUT2D eigenvalue weighted by molar-refractivity contribution is 0.299. The van der Waals surface area contributed by atoms with Gasteiger partial charge in [0.1, 0.15) is 18.2 Å². The quantitative estimate of drug-likeness (QED) is 0.389. The molecule has 2 aromatic rings. The Balaban J connectivity index is 2.18. The molecule has 3 N–H and O–H groups in total. The van der Waals surface area contributed by atoms with Gasteiger partial charge in [-0.3, -0.25) is 0 Å². The maximum atomic E-state index is 14.1. The molecule has 0 saturated carbocycles. The highest BCUT2D eigenvalue weighted by molar-refractivity contribution is 9.10. The van der Waals surface area contributed by atoms with E-state index in [1.807, 2.05) is 12.1 Å². The van der Waals surface area contributed by atoms with Gasteiger partial charge in [-0.1, -0.05) is 39.3 Å². The minimum Gasteiger partial charge on any atom is -0.489 e. The van der Waals surface area contributed by atoms with Crippen LogP contribution in [-0.4, -0.2) is 11.0 Å². The predicted octanol–water partition coefficient (Wildman–Crippen LogP) is 3.26. The number of hydrogen-bond donors (Lipinski definition) is 2. The summed E-state index contributed by atoms with van der Waals surface area (Å²) in [5.41, 5.74) is 5.78. The van der Waals surface area contributed by atoms with Gasteiger partial charge >= 0.3 is 0 Å². The van der Waals surface area contributed by atoms with Crippen LogP contribution in [0.15, 0.2) is 52.1 Å². The number of benzene rings is 2. The fourth-order valence-corrected chi connectivity index (χ4v) is 2.04. The van der Waals surface area contributed by atoms with Crippen LogP contribution in [0.5, 0.6) is 5.75 Å². The molecule has 0 spiro atoms. The van der Waals surface area contributed by atoms with Crippen molar-refractivity contribution < 1.29 is 14.3 Å². The first-order valence-corrected chi connectivity index (χ1v) is 6.54.